The number of amides is 3. The molecule has 128 heavy (non-hydrogen) atoms. The van der Waals surface area contributed by atoms with E-state index in [1.165, 1.54) is 25.6 Å². The summed E-state index contributed by atoms with van der Waals surface area (Å²) in [6.07, 6.45) is -6.89. The molecule has 4 aromatic carbocycles. The summed E-state index contributed by atoms with van der Waals surface area (Å²) in [7, 11) is 7.25. The topological polar surface area (TPSA) is 216 Å². The number of hydrogen-bond acceptors (Lipinski definition) is 21. The van der Waals surface area contributed by atoms with Crippen LogP contribution in [0.1, 0.15) is 60.3 Å². The fourth-order valence-corrected chi connectivity index (χ4v) is 16.4. The van der Waals surface area contributed by atoms with Crippen molar-refractivity contribution in [2.24, 2.45) is 0 Å². The highest BCUT2D eigenvalue weighted by Gasteiger charge is 2.43. The zero-order chi connectivity index (χ0) is 91.7. The number of methoxy groups -OCH3 is 1. The lowest BCUT2D eigenvalue weighted by Crippen LogP contribution is -2.55. The Morgan fingerprint density at radius 1 is 0.492 bits per heavy atom. The SMILES string of the molecule is C=C1C=C(C(F)(F)F)C(C(=O)Nc2cc(-c3cc(CN4CCOCC4)cnc3F)ccc2N2CCN(C)CC2)=CN1.C=C1C=C(C(F)(F)F)C(C(=O)Nc2cc(-c3cc(CN4CCOCC4)cnc3F)ccc2N2C[C@@H](C)N(C)[C@@H](C)C2)=CN1.COc1cc(C(F)(F)F)c(C(=O)Nc2cc(-c3cc(CN4CCOC(C)(C)C4)ccc3F)ccc2N2CCN(C)CC2)cn1. The van der Waals surface area contributed by atoms with Crippen LogP contribution in [0, 0.1) is 17.7 Å². The molecule has 8 aliphatic rings. The minimum atomic E-state index is -4.82. The predicted molar refractivity (Wildman–Crippen MR) is 467 cm³/mol. The third-order valence-electron chi connectivity index (χ3n) is 23.6. The lowest BCUT2D eigenvalue weighted by Gasteiger charge is -2.44. The second-order valence-electron chi connectivity index (χ2n) is 33.5. The Morgan fingerprint density at radius 3 is 1.34 bits per heavy atom. The molecule has 8 aliphatic heterocycles. The van der Waals surface area contributed by atoms with Crippen molar-refractivity contribution in [1.82, 2.24) is 55.0 Å². The fourth-order valence-electron chi connectivity index (χ4n) is 16.4. The Balaban J connectivity index is 0.000000164. The number of anilines is 6. The number of likely N-dealkylation sites (N-methyl/N-ethyl adjacent to an activating group) is 3. The van der Waals surface area contributed by atoms with E-state index < -0.39 is 87.4 Å². The number of hydrogen-bond donors (Lipinski definition) is 5. The molecular formula is C92H105F12N17O7. The van der Waals surface area contributed by atoms with Gasteiger partial charge in [0.05, 0.1) is 113 Å². The summed E-state index contributed by atoms with van der Waals surface area (Å²) in [6.45, 7) is 31.6. The van der Waals surface area contributed by atoms with Crippen molar-refractivity contribution in [1.29, 1.82) is 0 Å². The number of allylic oxidation sites excluding steroid dienone is 2. The number of piperazine rings is 3. The minimum Gasteiger partial charge on any atom is -0.481 e. The van der Waals surface area contributed by atoms with E-state index in [4.69, 9.17) is 18.9 Å². The van der Waals surface area contributed by atoms with E-state index in [-0.39, 0.29) is 63.1 Å². The van der Waals surface area contributed by atoms with E-state index in [9.17, 15) is 53.9 Å². The second kappa shape index (κ2) is 40.6. The van der Waals surface area contributed by atoms with Gasteiger partial charge in [-0.25, -0.2) is 19.3 Å². The molecule has 3 aromatic heterocycles. The van der Waals surface area contributed by atoms with Crippen molar-refractivity contribution in [2.45, 2.75) is 83.5 Å². The summed E-state index contributed by atoms with van der Waals surface area (Å²) in [5, 5.41) is 13.3. The van der Waals surface area contributed by atoms with Crippen molar-refractivity contribution >= 4 is 51.8 Å². The first-order valence-electron chi connectivity index (χ1n) is 42.1. The molecule has 0 unspecified atom stereocenters. The summed E-state index contributed by atoms with van der Waals surface area (Å²) < 4.78 is 192. The van der Waals surface area contributed by atoms with E-state index in [1.807, 2.05) is 35.0 Å². The molecule has 24 nitrogen and oxygen atoms in total. The standard InChI is InChI=1S/C32H37F4N5O3.C31H36F4N6O2.C29H32F4N6O2/c1-31(2)20-40(13-14-44-31)19-21-5-7-26(33)23(15-21)22-6-8-28(41-11-9-39(3)10-12-41)27(16-22)38-30(42)24-18-37-29(43-4)17-25(24)32(34,35)36;1-19-11-26(31(33,34)35)25(15-36-19)30(42)38-27-13-23(5-6-28(27)41-16-20(2)39(4)21(3)17-41)24-12-22(14-37-29(24)32)18-40-7-9-43-10-8-40;1-19-13-24(29(31,32)33)23(17-34-19)28(40)36-25-15-21(3-4-26(25)39-7-5-37(2)6-8-39)22-14-20(16-35-27(22)30)18-38-9-11-41-12-10-38/h5-8,15-18H,9-14,19-20H2,1-4H3,(H,38,42);5-6,11-15,20-21,36H,1,7-10,16-18H2,2-4H3,(H,38,42);3-4,13-17,34H,1,5-12,18H2,2H3,(H,36,40)/t;20-,21+;. The van der Waals surface area contributed by atoms with Crippen LogP contribution in [0.15, 0.2) is 181 Å². The Kier molecular flexibility index (Phi) is 30.0. The lowest BCUT2D eigenvalue weighted by atomic mass is 9.99. The molecule has 0 saturated carbocycles. The van der Waals surface area contributed by atoms with Crippen molar-refractivity contribution in [3.8, 4) is 39.3 Å². The minimum absolute atomic E-state index is 0.0203. The Hall–Kier alpha value is -11.2. The molecule has 7 aromatic rings. The first-order valence-corrected chi connectivity index (χ1v) is 42.1. The van der Waals surface area contributed by atoms with Crippen LogP contribution < -0.4 is 46.0 Å². The molecule has 15 rings (SSSR count). The zero-order valence-electron chi connectivity index (χ0n) is 72.5. The summed E-state index contributed by atoms with van der Waals surface area (Å²) in [4.78, 5) is 71.3. The Bertz CT molecular complexity index is 5350. The molecular weight excluding hydrogens is 1680 g/mol. The molecule has 5 N–H and O–H groups in total. The van der Waals surface area contributed by atoms with Gasteiger partial charge in [-0.2, -0.15) is 48.3 Å². The van der Waals surface area contributed by atoms with Gasteiger partial charge in [-0.1, -0.05) is 37.4 Å². The van der Waals surface area contributed by atoms with Crippen LogP contribution in [0.3, 0.4) is 0 Å². The van der Waals surface area contributed by atoms with Gasteiger partial charge in [0, 0.05) is 202 Å². The third-order valence-corrected chi connectivity index (χ3v) is 23.6. The van der Waals surface area contributed by atoms with Crippen LogP contribution in [0.25, 0.3) is 33.4 Å². The normalized spacial score (nSPS) is 19.6. The van der Waals surface area contributed by atoms with Crippen LogP contribution in [0.4, 0.5) is 86.8 Å². The van der Waals surface area contributed by atoms with Crippen molar-refractivity contribution in [3.63, 3.8) is 0 Å². The van der Waals surface area contributed by atoms with Gasteiger partial charge in [0.2, 0.25) is 17.8 Å². The molecule has 6 saturated heterocycles. The second-order valence-corrected chi connectivity index (χ2v) is 33.5. The number of halogens is 12. The molecule has 0 spiro atoms. The number of dihydropyridines is 2. The molecule has 0 aliphatic carbocycles. The molecule has 3 amide bonds. The number of alkyl halides is 9. The number of morpholine rings is 3. The van der Waals surface area contributed by atoms with E-state index in [1.54, 1.807) is 78.9 Å². The maximum absolute atomic E-state index is 15.3. The smallest absolute Gasteiger partial charge is 0.417 e. The first-order chi connectivity index (χ1) is 60.8. The highest BCUT2D eigenvalue weighted by atomic mass is 19.4. The number of benzene rings is 4. The van der Waals surface area contributed by atoms with Crippen LogP contribution in [0.5, 0.6) is 5.88 Å². The number of nitrogens with one attached hydrogen (secondary N) is 5. The highest BCUT2D eigenvalue weighted by Crippen LogP contribution is 2.43. The largest absolute Gasteiger partial charge is 0.481 e. The molecule has 0 radical (unpaired) electrons. The summed E-state index contributed by atoms with van der Waals surface area (Å²) >= 11 is 0. The van der Waals surface area contributed by atoms with Crippen LogP contribution >= 0.6 is 0 Å². The van der Waals surface area contributed by atoms with E-state index in [0.717, 1.165) is 113 Å². The summed E-state index contributed by atoms with van der Waals surface area (Å²) in [5.41, 5.74) is 2.08. The van der Waals surface area contributed by atoms with Crippen molar-refractivity contribution < 1.29 is 86.0 Å². The molecule has 2 atom stereocenters. The molecule has 36 heteroatoms. The number of carbonyl (C=O) groups excluding carboxylic acids is 3. The van der Waals surface area contributed by atoms with E-state index in [0.29, 0.717) is 137 Å². The number of rotatable bonds is 19. The summed E-state index contributed by atoms with van der Waals surface area (Å²) in [5.74, 6) is -4.94. The molecule has 6 fully saturated rings. The van der Waals surface area contributed by atoms with Gasteiger partial charge in [0.25, 0.3) is 17.7 Å². The summed E-state index contributed by atoms with van der Waals surface area (Å²) in [6, 6.07) is 24.9. The quantitative estimate of drug-likeness (QED) is 0.0376. The number of aromatic nitrogens is 3. The number of ether oxygens (including phenoxy) is 4. The highest BCUT2D eigenvalue weighted by molar-refractivity contribution is 6.11. The van der Waals surface area contributed by atoms with Gasteiger partial charge in [0.1, 0.15) is 5.82 Å². The van der Waals surface area contributed by atoms with Crippen molar-refractivity contribution in [3.05, 3.63) is 227 Å². The van der Waals surface area contributed by atoms with Crippen LogP contribution in [0.2, 0.25) is 0 Å². The molecule has 684 valence electrons. The van der Waals surface area contributed by atoms with Gasteiger partial charge in [-0.05, 0) is 155 Å². The van der Waals surface area contributed by atoms with Gasteiger partial charge in [0.15, 0.2) is 0 Å². The first kappa shape index (κ1) is 94.4. The van der Waals surface area contributed by atoms with Crippen molar-refractivity contribution in [2.75, 3.05) is 197 Å². The Labute approximate surface area is 735 Å². The number of carbonyl (C=O) groups is 3. The van der Waals surface area contributed by atoms with Gasteiger partial charge in [-0.3, -0.25) is 34.0 Å². The van der Waals surface area contributed by atoms with Crippen LogP contribution in [-0.4, -0.2) is 258 Å². The Morgan fingerprint density at radius 2 is 0.906 bits per heavy atom. The average molecular weight is 1790 g/mol. The maximum Gasteiger partial charge on any atom is 0.417 e. The zero-order valence-corrected chi connectivity index (χ0v) is 72.5. The van der Waals surface area contributed by atoms with E-state index in [2.05, 4.69) is 113 Å². The average Bonchev–Trinajstić information content (AvgIpc) is 0.805. The van der Waals surface area contributed by atoms with Gasteiger partial charge in [-0.15, -0.1) is 0 Å². The van der Waals surface area contributed by atoms with Gasteiger partial charge >= 0.3 is 18.5 Å². The number of nitrogens with zero attached hydrogens (tertiary/aromatic N) is 12. The van der Waals surface area contributed by atoms with Gasteiger partial charge < -0.3 is 70.0 Å². The molecule has 11 heterocycles. The monoisotopic (exact) mass is 1790 g/mol. The van der Waals surface area contributed by atoms with E-state index >= 15 is 13.2 Å². The fraction of sp³-hybridized carbons (Fsp3) is 0.413. The third kappa shape index (κ3) is 23.8. The predicted octanol–water partition coefficient (Wildman–Crippen LogP) is 14.1. The molecule has 0 bridgehead atoms. The number of pyridine rings is 3. The lowest BCUT2D eigenvalue weighted by molar-refractivity contribution is -0.138. The van der Waals surface area contributed by atoms with Crippen LogP contribution in [-0.2, 0) is 49.6 Å². The maximum atomic E-state index is 15.3.